The van der Waals surface area contributed by atoms with Gasteiger partial charge in [0.05, 0.1) is 22.5 Å². The minimum atomic E-state index is -1.21. The molecule has 29 heavy (non-hydrogen) atoms. The van der Waals surface area contributed by atoms with Gasteiger partial charge in [-0.15, -0.1) is 23.1 Å². The molecule has 0 aliphatic carbocycles. The number of benzene rings is 2. The van der Waals surface area contributed by atoms with E-state index >= 15 is 0 Å². The van der Waals surface area contributed by atoms with E-state index in [1.54, 1.807) is 29.8 Å². The van der Waals surface area contributed by atoms with E-state index in [1.165, 1.54) is 30.0 Å². The summed E-state index contributed by atoms with van der Waals surface area (Å²) in [4.78, 5) is 29.7. The summed E-state index contributed by atoms with van der Waals surface area (Å²) in [5.41, 5.74) is 2.62. The van der Waals surface area contributed by atoms with E-state index < -0.39 is 29.6 Å². The van der Waals surface area contributed by atoms with Crippen molar-refractivity contribution in [1.82, 2.24) is 4.98 Å². The van der Waals surface area contributed by atoms with Gasteiger partial charge in [0.25, 0.3) is 5.91 Å². The lowest BCUT2D eigenvalue weighted by Crippen LogP contribution is -2.30. The lowest BCUT2D eigenvalue weighted by molar-refractivity contribution is -0.123. The van der Waals surface area contributed by atoms with Crippen molar-refractivity contribution in [2.45, 2.75) is 23.7 Å². The Balaban J connectivity index is 1.64. The standard InChI is InChI=1S/C20H16F2N2O3S2/c1-12(19(25)24-17-8-13(21)6-7-16(17)22)27-20(26)15-4-2-3-5-18(15)29-10-14-9-28-11-23-14/h2-9,11-12H,10H2,1H3,(H,24,25). The zero-order chi connectivity index (χ0) is 20.8. The molecule has 1 amide bonds. The molecule has 1 N–H and O–H groups in total. The molecule has 5 nitrogen and oxygen atoms in total. The summed E-state index contributed by atoms with van der Waals surface area (Å²) in [5.74, 6) is -2.36. The summed E-state index contributed by atoms with van der Waals surface area (Å²) in [6.45, 7) is 1.36. The third-order valence-electron chi connectivity index (χ3n) is 3.81. The zero-order valence-corrected chi connectivity index (χ0v) is 16.9. The van der Waals surface area contributed by atoms with Gasteiger partial charge in [0.1, 0.15) is 11.6 Å². The zero-order valence-electron chi connectivity index (χ0n) is 15.2. The molecule has 150 valence electrons. The van der Waals surface area contributed by atoms with Crippen LogP contribution in [0.15, 0.2) is 58.3 Å². The fourth-order valence-electron chi connectivity index (χ4n) is 2.33. The lowest BCUT2D eigenvalue weighted by Gasteiger charge is -2.15. The van der Waals surface area contributed by atoms with Gasteiger partial charge >= 0.3 is 5.97 Å². The Labute approximate surface area is 174 Å². The third-order valence-corrected chi connectivity index (χ3v) is 5.55. The van der Waals surface area contributed by atoms with Crippen molar-refractivity contribution >= 4 is 40.7 Å². The predicted molar refractivity (Wildman–Crippen MR) is 108 cm³/mol. The number of esters is 1. The maximum Gasteiger partial charge on any atom is 0.340 e. The second-order valence-corrected chi connectivity index (χ2v) is 7.66. The minimum absolute atomic E-state index is 0.310. The Morgan fingerprint density at radius 1 is 1.24 bits per heavy atom. The molecule has 0 bridgehead atoms. The van der Waals surface area contributed by atoms with Gasteiger partial charge in [0.2, 0.25) is 0 Å². The van der Waals surface area contributed by atoms with Crippen molar-refractivity contribution in [3.8, 4) is 0 Å². The molecule has 0 radical (unpaired) electrons. The Bertz CT molecular complexity index is 1010. The fraction of sp³-hybridized carbons (Fsp3) is 0.150. The number of rotatable bonds is 7. The molecule has 0 spiro atoms. The highest BCUT2D eigenvalue weighted by Crippen LogP contribution is 2.27. The van der Waals surface area contributed by atoms with Crippen LogP contribution in [-0.2, 0) is 15.3 Å². The molecule has 9 heteroatoms. The molecule has 0 aliphatic heterocycles. The lowest BCUT2D eigenvalue weighted by atomic mass is 10.2. The number of thioether (sulfide) groups is 1. The Hall–Kier alpha value is -2.78. The molecule has 1 unspecified atom stereocenters. The van der Waals surface area contributed by atoms with Gasteiger partial charge in [0.15, 0.2) is 6.10 Å². The summed E-state index contributed by atoms with van der Waals surface area (Å²) in [6.07, 6.45) is -1.21. The molecule has 0 saturated heterocycles. The van der Waals surface area contributed by atoms with Crippen LogP contribution in [0.25, 0.3) is 0 Å². The predicted octanol–water partition coefficient (Wildman–Crippen LogP) is 4.90. The first-order chi connectivity index (χ1) is 13.9. The van der Waals surface area contributed by atoms with Gasteiger partial charge in [-0.1, -0.05) is 12.1 Å². The van der Waals surface area contributed by atoms with E-state index in [4.69, 9.17) is 4.74 Å². The van der Waals surface area contributed by atoms with Gasteiger partial charge in [-0.05, 0) is 31.2 Å². The number of carbonyl (C=O) groups excluding carboxylic acids is 2. The quantitative estimate of drug-likeness (QED) is 0.423. The second-order valence-electron chi connectivity index (χ2n) is 5.93. The van der Waals surface area contributed by atoms with Gasteiger partial charge in [-0.3, -0.25) is 4.79 Å². The Morgan fingerprint density at radius 3 is 2.79 bits per heavy atom. The molecule has 3 rings (SSSR count). The van der Waals surface area contributed by atoms with E-state index in [2.05, 4.69) is 10.3 Å². The first-order valence-corrected chi connectivity index (χ1v) is 10.4. The van der Waals surface area contributed by atoms with Crippen molar-refractivity contribution < 1.29 is 23.1 Å². The van der Waals surface area contributed by atoms with Crippen LogP contribution in [0.4, 0.5) is 14.5 Å². The van der Waals surface area contributed by atoms with Crippen molar-refractivity contribution in [2.75, 3.05) is 5.32 Å². The van der Waals surface area contributed by atoms with E-state index in [0.717, 1.165) is 23.9 Å². The van der Waals surface area contributed by atoms with E-state index in [-0.39, 0.29) is 5.69 Å². The Morgan fingerprint density at radius 2 is 2.03 bits per heavy atom. The molecule has 2 aromatic carbocycles. The molecule has 1 heterocycles. The average Bonchev–Trinajstić information content (AvgIpc) is 3.23. The SMILES string of the molecule is CC(OC(=O)c1ccccc1SCc1cscn1)C(=O)Nc1cc(F)ccc1F. The van der Waals surface area contributed by atoms with E-state index in [0.29, 0.717) is 16.2 Å². The largest absolute Gasteiger partial charge is 0.449 e. The normalized spacial score (nSPS) is 11.7. The molecule has 1 atom stereocenters. The average molecular weight is 434 g/mol. The molecule has 3 aromatic rings. The maximum atomic E-state index is 13.7. The highest BCUT2D eigenvalue weighted by molar-refractivity contribution is 7.98. The first-order valence-electron chi connectivity index (χ1n) is 8.50. The van der Waals surface area contributed by atoms with Gasteiger partial charge in [-0.25, -0.2) is 18.6 Å². The number of carbonyl (C=O) groups is 2. The van der Waals surface area contributed by atoms with Crippen LogP contribution in [0, 0.1) is 11.6 Å². The topological polar surface area (TPSA) is 68.3 Å². The Kier molecular flexibility index (Phi) is 6.95. The molecule has 0 fully saturated rings. The van der Waals surface area contributed by atoms with Crippen molar-refractivity contribution in [3.63, 3.8) is 0 Å². The van der Waals surface area contributed by atoms with Gasteiger partial charge in [-0.2, -0.15) is 0 Å². The number of nitrogens with one attached hydrogen (secondary N) is 1. The monoisotopic (exact) mass is 434 g/mol. The number of thiazole rings is 1. The van der Waals surface area contributed by atoms with Crippen LogP contribution < -0.4 is 5.32 Å². The van der Waals surface area contributed by atoms with Gasteiger partial charge in [0, 0.05) is 22.1 Å². The third kappa shape index (κ3) is 5.61. The number of anilines is 1. The summed E-state index contributed by atoms with van der Waals surface area (Å²) < 4.78 is 32.1. The molecular formula is C20H16F2N2O3S2. The van der Waals surface area contributed by atoms with Crippen molar-refractivity contribution in [3.05, 3.63) is 76.2 Å². The van der Waals surface area contributed by atoms with Crippen LogP contribution >= 0.6 is 23.1 Å². The van der Waals surface area contributed by atoms with E-state index in [9.17, 15) is 18.4 Å². The maximum absolute atomic E-state index is 13.7. The number of ether oxygens (including phenoxy) is 1. The molecule has 1 aromatic heterocycles. The number of amides is 1. The number of hydrogen-bond acceptors (Lipinski definition) is 6. The van der Waals surface area contributed by atoms with Gasteiger partial charge < -0.3 is 10.1 Å². The summed E-state index contributed by atoms with van der Waals surface area (Å²) in [5, 5.41) is 4.14. The van der Waals surface area contributed by atoms with Crippen LogP contribution in [0.5, 0.6) is 0 Å². The first kappa shape index (κ1) is 20.9. The summed E-state index contributed by atoms with van der Waals surface area (Å²) >= 11 is 2.91. The molecule has 0 aliphatic rings. The van der Waals surface area contributed by atoms with E-state index in [1.807, 2.05) is 5.38 Å². The summed E-state index contributed by atoms with van der Waals surface area (Å²) in [7, 11) is 0. The van der Waals surface area contributed by atoms with Crippen LogP contribution in [-0.4, -0.2) is 23.0 Å². The second kappa shape index (κ2) is 9.62. The van der Waals surface area contributed by atoms with Crippen molar-refractivity contribution in [1.29, 1.82) is 0 Å². The summed E-state index contributed by atoms with van der Waals surface area (Å²) in [6, 6.07) is 9.56. The van der Waals surface area contributed by atoms with Crippen LogP contribution in [0.2, 0.25) is 0 Å². The number of hydrogen-bond donors (Lipinski definition) is 1. The smallest absolute Gasteiger partial charge is 0.340 e. The number of aromatic nitrogens is 1. The van der Waals surface area contributed by atoms with Crippen LogP contribution in [0.3, 0.4) is 0 Å². The highest BCUT2D eigenvalue weighted by Gasteiger charge is 2.22. The number of nitrogens with zero attached hydrogens (tertiary/aromatic N) is 1. The minimum Gasteiger partial charge on any atom is -0.449 e. The van der Waals surface area contributed by atoms with Crippen LogP contribution in [0.1, 0.15) is 23.0 Å². The molecular weight excluding hydrogens is 418 g/mol. The van der Waals surface area contributed by atoms with Crippen molar-refractivity contribution in [2.24, 2.45) is 0 Å². The fourth-order valence-corrected chi connectivity index (χ4v) is 3.93. The molecule has 0 saturated carbocycles. The number of halogens is 2. The highest BCUT2D eigenvalue weighted by atomic mass is 32.2.